The molecule has 0 aliphatic carbocycles. The molecule has 0 saturated heterocycles. The van der Waals surface area contributed by atoms with Gasteiger partial charge in [-0.3, -0.25) is 14.4 Å². The van der Waals surface area contributed by atoms with Crippen LogP contribution in [-0.4, -0.2) is 58.9 Å². The number of hydrogen-bond donors (Lipinski definition) is 2. The zero-order chi connectivity index (χ0) is 17.5. The van der Waals surface area contributed by atoms with Crippen LogP contribution in [-0.2, 0) is 14.4 Å². The average molecular weight is 342 g/mol. The highest BCUT2D eigenvalue weighted by atomic mass is 32.2. The fourth-order valence-corrected chi connectivity index (χ4v) is 2.66. The SMILES string of the molecule is C#CCCCC(=O)NCCN(CCSCCC(=O)O)C(=O)CC. The predicted molar refractivity (Wildman–Crippen MR) is 92.1 cm³/mol. The molecule has 0 rings (SSSR count). The van der Waals surface area contributed by atoms with Gasteiger partial charge in [0.2, 0.25) is 11.8 Å². The fourth-order valence-electron chi connectivity index (χ4n) is 1.79. The van der Waals surface area contributed by atoms with Gasteiger partial charge in [-0.1, -0.05) is 6.92 Å². The number of hydrogen-bond acceptors (Lipinski definition) is 4. The summed E-state index contributed by atoms with van der Waals surface area (Å²) in [4.78, 5) is 35.5. The van der Waals surface area contributed by atoms with E-state index in [9.17, 15) is 14.4 Å². The second kappa shape index (κ2) is 13.9. The monoisotopic (exact) mass is 342 g/mol. The van der Waals surface area contributed by atoms with Gasteiger partial charge in [-0.15, -0.1) is 12.3 Å². The number of rotatable bonds is 13. The molecule has 0 aromatic heterocycles. The molecule has 0 atom stereocenters. The van der Waals surface area contributed by atoms with Crippen molar-refractivity contribution in [2.45, 2.75) is 39.0 Å². The van der Waals surface area contributed by atoms with E-state index in [2.05, 4.69) is 11.2 Å². The van der Waals surface area contributed by atoms with E-state index in [1.54, 1.807) is 11.8 Å². The summed E-state index contributed by atoms with van der Waals surface area (Å²) in [6, 6.07) is 0. The van der Waals surface area contributed by atoms with E-state index in [1.165, 1.54) is 11.8 Å². The third kappa shape index (κ3) is 12.5. The lowest BCUT2D eigenvalue weighted by Gasteiger charge is -2.22. The Morgan fingerprint density at radius 2 is 1.96 bits per heavy atom. The van der Waals surface area contributed by atoms with Gasteiger partial charge in [-0.25, -0.2) is 0 Å². The molecule has 0 bridgehead atoms. The summed E-state index contributed by atoms with van der Waals surface area (Å²) < 4.78 is 0. The Balaban J connectivity index is 3.96. The molecule has 6 nitrogen and oxygen atoms in total. The number of carbonyl (C=O) groups is 3. The van der Waals surface area contributed by atoms with Crippen molar-refractivity contribution in [3.8, 4) is 12.3 Å². The third-order valence-electron chi connectivity index (χ3n) is 3.05. The number of carboxylic acids is 1. The Labute approximate surface area is 142 Å². The van der Waals surface area contributed by atoms with E-state index in [1.807, 2.05) is 0 Å². The van der Waals surface area contributed by atoms with Gasteiger partial charge in [0.25, 0.3) is 0 Å². The number of thioether (sulfide) groups is 1. The number of aliphatic carboxylic acids is 1. The van der Waals surface area contributed by atoms with Gasteiger partial charge in [-0.05, 0) is 6.42 Å². The van der Waals surface area contributed by atoms with Crippen molar-refractivity contribution < 1.29 is 19.5 Å². The van der Waals surface area contributed by atoms with Crippen LogP contribution in [0.4, 0.5) is 0 Å². The molecule has 0 aromatic carbocycles. The minimum atomic E-state index is -0.813. The van der Waals surface area contributed by atoms with E-state index in [4.69, 9.17) is 11.5 Å². The lowest BCUT2D eigenvalue weighted by molar-refractivity contribution is -0.136. The zero-order valence-electron chi connectivity index (χ0n) is 13.7. The lowest BCUT2D eigenvalue weighted by atomic mass is 10.2. The van der Waals surface area contributed by atoms with E-state index in [0.717, 1.165) is 0 Å². The molecule has 130 valence electrons. The van der Waals surface area contributed by atoms with E-state index in [-0.39, 0.29) is 18.2 Å². The van der Waals surface area contributed by atoms with Crippen molar-refractivity contribution in [1.82, 2.24) is 10.2 Å². The number of carboxylic acid groups (broad SMARTS) is 1. The van der Waals surface area contributed by atoms with Gasteiger partial charge >= 0.3 is 5.97 Å². The van der Waals surface area contributed by atoms with Gasteiger partial charge in [-0.2, -0.15) is 11.8 Å². The third-order valence-corrected chi connectivity index (χ3v) is 4.01. The molecule has 0 heterocycles. The fraction of sp³-hybridized carbons (Fsp3) is 0.688. The van der Waals surface area contributed by atoms with Crippen LogP contribution in [0.25, 0.3) is 0 Å². The molecule has 0 saturated carbocycles. The summed E-state index contributed by atoms with van der Waals surface area (Å²) in [6.07, 6.45) is 7.32. The van der Waals surface area contributed by atoms with Crippen molar-refractivity contribution >= 4 is 29.5 Å². The average Bonchev–Trinajstić information content (AvgIpc) is 2.52. The van der Waals surface area contributed by atoms with Gasteiger partial charge in [0, 0.05) is 50.4 Å². The summed E-state index contributed by atoms with van der Waals surface area (Å²) >= 11 is 1.51. The van der Waals surface area contributed by atoms with E-state index in [0.29, 0.717) is 56.8 Å². The quantitative estimate of drug-likeness (QED) is 0.390. The van der Waals surface area contributed by atoms with Gasteiger partial charge in [0.15, 0.2) is 0 Å². The van der Waals surface area contributed by atoms with Crippen LogP contribution in [0.1, 0.15) is 39.0 Å². The Bertz CT molecular complexity index is 421. The smallest absolute Gasteiger partial charge is 0.304 e. The molecule has 2 amide bonds. The van der Waals surface area contributed by atoms with E-state index < -0.39 is 5.97 Å². The molecule has 0 aliphatic heterocycles. The first kappa shape index (κ1) is 21.3. The van der Waals surface area contributed by atoms with Gasteiger partial charge < -0.3 is 15.3 Å². The second-order valence-electron chi connectivity index (χ2n) is 4.90. The molecule has 7 heteroatoms. The zero-order valence-corrected chi connectivity index (χ0v) is 14.5. The first-order valence-corrected chi connectivity index (χ1v) is 8.94. The minimum Gasteiger partial charge on any atom is -0.481 e. The van der Waals surface area contributed by atoms with E-state index >= 15 is 0 Å². The lowest BCUT2D eigenvalue weighted by Crippen LogP contribution is -2.39. The maximum absolute atomic E-state index is 11.9. The molecule has 0 spiro atoms. The molecule has 0 radical (unpaired) electrons. The minimum absolute atomic E-state index is 0.0328. The summed E-state index contributed by atoms with van der Waals surface area (Å²) in [7, 11) is 0. The molecule has 0 aliphatic rings. The Morgan fingerprint density at radius 1 is 1.22 bits per heavy atom. The van der Waals surface area contributed by atoms with Gasteiger partial charge in [0.1, 0.15) is 0 Å². The Morgan fingerprint density at radius 3 is 2.57 bits per heavy atom. The van der Waals surface area contributed by atoms with Crippen LogP contribution >= 0.6 is 11.8 Å². The number of amides is 2. The number of nitrogens with zero attached hydrogens (tertiary/aromatic N) is 1. The van der Waals surface area contributed by atoms with Crippen molar-refractivity contribution in [1.29, 1.82) is 0 Å². The largest absolute Gasteiger partial charge is 0.481 e. The number of unbranched alkanes of at least 4 members (excludes halogenated alkanes) is 1. The highest BCUT2D eigenvalue weighted by Gasteiger charge is 2.11. The van der Waals surface area contributed by atoms with Crippen molar-refractivity contribution in [3.63, 3.8) is 0 Å². The Hall–Kier alpha value is -1.68. The first-order valence-electron chi connectivity index (χ1n) is 7.78. The van der Waals surface area contributed by atoms with Crippen LogP contribution < -0.4 is 5.32 Å². The summed E-state index contributed by atoms with van der Waals surface area (Å²) in [5.74, 6) is 2.88. The van der Waals surface area contributed by atoms with Crippen LogP contribution in [0.15, 0.2) is 0 Å². The standard InChI is InChI=1S/C16H26N2O4S/c1-3-5-6-7-14(19)17-9-10-18(15(20)4-2)11-13-23-12-8-16(21)22/h1H,4-13H2,2H3,(H,17,19)(H,21,22). The van der Waals surface area contributed by atoms with Gasteiger partial charge in [0.05, 0.1) is 6.42 Å². The van der Waals surface area contributed by atoms with Crippen LogP contribution in [0, 0.1) is 12.3 Å². The topological polar surface area (TPSA) is 86.7 Å². The maximum Gasteiger partial charge on any atom is 0.304 e. The maximum atomic E-state index is 11.9. The Kier molecular flexibility index (Phi) is 12.9. The molecular weight excluding hydrogens is 316 g/mol. The molecule has 0 unspecified atom stereocenters. The number of terminal acetylenes is 1. The molecule has 0 aromatic rings. The summed E-state index contributed by atoms with van der Waals surface area (Å²) in [5, 5.41) is 11.3. The van der Waals surface area contributed by atoms with Crippen LogP contribution in [0.2, 0.25) is 0 Å². The second-order valence-corrected chi connectivity index (χ2v) is 6.12. The van der Waals surface area contributed by atoms with Crippen LogP contribution in [0.3, 0.4) is 0 Å². The summed E-state index contributed by atoms with van der Waals surface area (Å²) in [5.41, 5.74) is 0. The van der Waals surface area contributed by atoms with Crippen LogP contribution in [0.5, 0.6) is 0 Å². The highest BCUT2D eigenvalue weighted by molar-refractivity contribution is 7.99. The van der Waals surface area contributed by atoms with Crippen molar-refractivity contribution in [2.75, 3.05) is 31.1 Å². The molecular formula is C16H26N2O4S. The number of nitrogens with one attached hydrogen (secondary N) is 1. The highest BCUT2D eigenvalue weighted by Crippen LogP contribution is 2.04. The number of carbonyl (C=O) groups excluding carboxylic acids is 2. The summed E-state index contributed by atoms with van der Waals surface area (Å²) in [6.45, 7) is 3.24. The molecule has 2 N–H and O–H groups in total. The molecule has 0 fully saturated rings. The molecule has 23 heavy (non-hydrogen) atoms. The van der Waals surface area contributed by atoms with Crippen molar-refractivity contribution in [2.24, 2.45) is 0 Å². The first-order chi connectivity index (χ1) is 11.0. The van der Waals surface area contributed by atoms with Crippen molar-refractivity contribution in [3.05, 3.63) is 0 Å². The normalized spacial score (nSPS) is 9.91. The predicted octanol–water partition coefficient (Wildman–Crippen LogP) is 1.35.